The number of benzene rings is 1. The zero-order chi connectivity index (χ0) is 11.2. The molecule has 0 aromatic heterocycles. The number of rotatable bonds is 5. The summed E-state index contributed by atoms with van der Waals surface area (Å²) in [6.45, 7) is 0.730. The van der Waals surface area contributed by atoms with Crippen LogP contribution in [0.3, 0.4) is 0 Å². The first-order valence-corrected chi connectivity index (χ1v) is 5.90. The fourth-order valence-corrected chi connectivity index (χ4v) is 2.03. The fraction of sp³-hybridized carbons (Fsp3) is 0.538. The van der Waals surface area contributed by atoms with Crippen LogP contribution in [0.2, 0.25) is 0 Å². The number of nitrogens with one attached hydrogen (secondary N) is 1. The summed E-state index contributed by atoms with van der Waals surface area (Å²) in [7, 11) is 1.68. The molecule has 2 rings (SSSR count). The van der Waals surface area contributed by atoms with E-state index in [1.54, 1.807) is 7.11 Å². The average Bonchev–Trinajstić information content (AvgIpc) is 2.82. The second-order valence-corrected chi connectivity index (χ2v) is 4.20. The summed E-state index contributed by atoms with van der Waals surface area (Å²) in [4.78, 5) is 5.59. The van der Waals surface area contributed by atoms with Gasteiger partial charge in [0, 0.05) is 6.54 Å². The smallest absolute Gasteiger partial charge is 0.119 e. The van der Waals surface area contributed by atoms with Crippen molar-refractivity contribution in [2.24, 2.45) is 0 Å². The summed E-state index contributed by atoms with van der Waals surface area (Å²) >= 11 is 0. The van der Waals surface area contributed by atoms with Gasteiger partial charge in [0.1, 0.15) is 5.75 Å². The van der Waals surface area contributed by atoms with Crippen molar-refractivity contribution >= 4 is 0 Å². The van der Waals surface area contributed by atoms with E-state index in [0.717, 1.165) is 12.3 Å². The van der Waals surface area contributed by atoms with Gasteiger partial charge in [0.05, 0.1) is 13.2 Å². The molecule has 0 atom stereocenters. The first-order valence-electron chi connectivity index (χ1n) is 5.90. The van der Waals surface area contributed by atoms with Crippen molar-refractivity contribution in [3.63, 3.8) is 0 Å². The van der Waals surface area contributed by atoms with Crippen molar-refractivity contribution in [1.82, 2.24) is 5.48 Å². The molecule has 0 spiro atoms. The lowest BCUT2D eigenvalue weighted by atomic mass is 10.2. The molecular weight excluding hydrogens is 202 g/mol. The minimum Gasteiger partial charge on any atom is -0.497 e. The summed E-state index contributed by atoms with van der Waals surface area (Å²) in [5, 5.41) is 0. The lowest BCUT2D eigenvalue weighted by Gasteiger charge is -2.11. The van der Waals surface area contributed by atoms with Crippen molar-refractivity contribution in [3.8, 4) is 5.75 Å². The Hall–Kier alpha value is -1.06. The number of methoxy groups -OCH3 is 1. The highest BCUT2D eigenvalue weighted by molar-refractivity contribution is 5.28. The summed E-state index contributed by atoms with van der Waals surface area (Å²) in [6.07, 6.45) is 5.37. The van der Waals surface area contributed by atoms with E-state index in [1.165, 1.54) is 31.2 Å². The standard InChI is InChI=1S/C13H19NO2/c1-15-13-8-4-5-11(9-13)10-14-16-12-6-2-3-7-12/h4-5,8-9,12,14H,2-3,6-7,10H2,1H3. The normalized spacial score (nSPS) is 16.6. The second kappa shape index (κ2) is 5.87. The predicted octanol–water partition coefficient (Wildman–Crippen LogP) is 2.66. The molecule has 0 amide bonds. The van der Waals surface area contributed by atoms with Crippen LogP contribution in [0, 0.1) is 0 Å². The fourth-order valence-electron chi connectivity index (χ4n) is 2.03. The van der Waals surface area contributed by atoms with Gasteiger partial charge >= 0.3 is 0 Å². The highest BCUT2D eigenvalue weighted by Gasteiger charge is 2.15. The third-order valence-electron chi connectivity index (χ3n) is 2.96. The van der Waals surface area contributed by atoms with Crippen LogP contribution in [0.4, 0.5) is 0 Å². The molecule has 16 heavy (non-hydrogen) atoms. The van der Waals surface area contributed by atoms with E-state index >= 15 is 0 Å². The van der Waals surface area contributed by atoms with Crippen molar-refractivity contribution < 1.29 is 9.57 Å². The first kappa shape index (κ1) is 11.4. The number of hydrogen-bond acceptors (Lipinski definition) is 3. The lowest BCUT2D eigenvalue weighted by Crippen LogP contribution is -2.21. The minimum atomic E-state index is 0.408. The Labute approximate surface area is 96.7 Å². The van der Waals surface area contributed by atoms with E-state index in [-0.39, 0.29) is 0 Å². The van der Waals surface area contributed by atoms with Gasteiger partial charge in [0.25, 0.3) is 0 Å². The van der Waals surface area contributed by atoms with E-state index in [4.69, 9.17) is 9.57 Å². The zero-order valence-electron chi connectivity index (χ0n) is 9.74. The highest BCUT2D eigenvalue weighted by Crippen LogP contribution is 2.20. The maximum atomic E-state index is 5.59. The Balaban J connectivity index is 1.75. The second-order valence-electron chi connectivity index (χ2n) is 4.20. The van der Waals surface area contributed by atoms with Crippen LogP contribution >= 0.6 is 0 Å². The predicted molar refractivity (Wildman–Crippen MR) is 63.2 cm³/mol. The molecule has 3 heteroatoms. The van der Waals surface area contributed by atoms with Crippen LogP contribution in [-0.2, 0) is 11.4 Å². The molecule has 0 radical (unpaired) electrons. The minimum absolute atomic E-state index is 0.408. The number of ether oxygens (including phenoxy) is 1. The molecule has 88 valence electrons. The molecule has 0 bridgehead atoms. The van der Waals surface area contributed by atoms with Gasteiger partial charge in [-0.05, 0) is 30.5 Å². The van der Waals surface area contributed by atoms with E-state index in [9.17, 15) is 0 Å². The molecule has 0 aliphatic heterocycles. The summed E-state index contributed by atoms with van der Waals surface area (Å²) in [5.41, 5.74) is 4.22. The zero-order valence-corrected chi connectivity index (χ0v) is 9.74. The van der Waals surface area contributed by atoms with Crippen LogP contribution in [0.25, 0.3) is 0 Å². The van der Waals surface area contributed by atoms with Gasteiger partial charge in [-0.25, -0.2) is 0 Å². The monoisotopic (exact) mass is 221 g/mol. The van der Waals surface area contributed by atoms with Crippen LogP contribution in [0.5, 0.6) is 5.75 Å². The van der Waals surface area contributed by atoms with Crippen LogP contribution < -0.4 is 10.2 Å². The van der Waals surface area contributed by atoms with Crippen LogP contribution in [0.1, 0.15) is 31.2 Å². The Bertz CT molecular complexity index is 321. The van der Waals surface area contributed by atoms with E-state index in [1.807, 2.05) is 18.2 Å². The number of hydrogen-bond donors (Lipinski definition) is 1. The van der Waals surface area contributed by atoms with Gasteiger partial charge in [-0.2, -0.15) is 5.48 Å². The van der Waals surface area contributed by atoms with Crippen molar-refractivity contribution in [1.29, 1.82) is 0 Å². The van der Waals surface area contributed by atoms with Gasteiger partial charge in [-0.3, -0.25) is 4.84 Å². The van der Waals surface area contributed by atoms with Crippen LogP contribution in [0.15, 0.2) is 24.3 Å². The Morgan fingerprint density at radius 2 is 2.12 bits per heavy atom. The Morgan fingerprint density at radius 3 is 2.88 bits per heavy atom. The topological polar surface area (TPSA) is 30.5 Å². The molecule has 1 aliphatic carbocycles. The van der Waals surface area contributed by atoms with Crippen molar-refractivity contribution in [2.45, 2.75) is 38.3 Å². The SMILES string of the molecule is COc1cccc(CNOC2CCCC2)c1. The quantitative estimate of drug-likeness (QED) is 0.775. The molecule has 1 aromatic carbocycles. The van der Waals surface area contributed by atoms with Gasteiger partial charge in [0.15, 0.2) is 0 Å². The van der Waals surface area contributed by atoms with Gasteiger partial charge in [0.2, 0.25) is 0 Å². The molecule has 1 aromatic rings. The number of hydroxylamine groups is 1. The Kier molecular flexibility index (Phi) is 4.19. The Morgan fingerprint density at radius 1 is 1.31 bits per heavy atom. The molecule has 1 fully saturated rings. The summed E-state index contributed by atoms with van der Waals surface area (Å²) in [6, 6.07) is 8.02. The third kappa shape index (κ3) is 3.22. The third-order valence-corrected chi connectivity index (χ3v) is 2.96. The van der Waals surface area contributed by atoms with Gasteiger partial charge in [-0.15, -0.1) is 0 Å². The molecule has 1 N–H and O–H groups in total. The van der Waals surface area contributed by atoms with Crippen LogP contribution in [-0.4, -0.2) is 13.2 Å². The van der Waals surface area contributed by atoms with Gasteiger partial charge < -0.3 is 4.74 Å². The average molecular weight is 221 g/mol. The molecule has 1 aliphatic rings. The summed E-state index contributed by atoms with van der Waals surface area (Å²) in [5.74, 6) is 0.889. The molecule has 3 nitrogen and oxygen atoms in total. The largest absolute Gasteiger partial charge is 0.497 e. The molecule has 0 heterocycles. The maximum absolute atomic E-state index is 5.59. The van der Waals surface area contributed by atoms with E-state index in [2.05, 4.69) is 11.5 Å². The summed E-state index contributed by atoms with van der Waals surface area (Å²) < 4.78 is 5.17. The van der Waals surface area contributed by atoms with Crippen molar-refractivity contribution in [3.05, 3.63) is 29.8 Å². The highest BCUT2D eigenvalue weighted by atomic mass is 16.7. The van der Waals surface area contributed by atoms with Crippen molar-refractivity contribution in [2.75, 3.05) is 7.11 Å². The molecular formula is C13H19NO2. The van der Waals surface area contributed by atoms with E-state index in [0.29, 0.717) is 6.10 Å². The molecule has 0 unspecified atom stereocenters. The molecule has 0 saturated heterocycles. The molecule has 1 saturated carbocycles. The van der Waals surface area contributed by atoms with Gasteiger partial charge in [-0.1, -0.05) is 25.0 Å². The first-order chi connectivity index (χ1) is 7.88. The van der Waals surface area contributed by atoms with E-state index < -0.39 is 0 Å². The lowest BCUT2D eigenvalue weighted by molar-refractivity contribution is -0.0244. The maximum Gasteiger partial charge on any atom is 0.119 e.